The Labute approximate surface area is 205 Å². The van der Waals surface area contributed by atoms with Gasteiger partial charge in [-0.05, 0) is 61.9 Å². The van der Waals surface area contributed by atoms with Crippen LogP contribution in [0.5, 0.6) is 0 Å². The molecule has 3 heterocycles. The molecule has 0 aliphatic rings. The predicted molar refractivity (Wildman–Crippen MR) is 130 cm³/mol. The van der Waals surface area contributed by atoms with Crippen molar-refractivity contribution in [3.05, 3.63) is 88.2 Å². The number of hydrogen-bond acceptors (Lipinski definition) is 6. The molecule has 0 saturated heterocycles. The first kappa shape index (κ1) is 23.7. The highest BCUT2D eigenvalue weighted by molar-refractivity contribution is 6.39. The molecule has 10 nitrogen and oxygen atoms in total. The first-order chi connectivity index (χ1) is 16.8. The predicted octanol–water partition coefficient (Wildman–Crippen LogP) is 3.22. The SMILES string of the molecule is Cc1ccn2c(C(=O)N/N=C/c3ccc(CNC(=O)C(=O)Nc4cccc(Cl)c4)o3)c(C)nc2c1. The number of rotatable bonds is 6. The van der Waals surface area contributed by atoms with Crippen LogP contribution >= 0.6 is 11.6 Å². The zero-order valence-corrected chi connectivity index (χ0v) is 19.6. The van der Waals surface area contributed by atoms with Crippen LogP contribution in [-0.4, -0.2) is 33.3 Å². The lowest BCUT2D eigenvalue weighted by atomic mass is 10.3. The summed E-state index contributed by atoms with van der Waals surface area (Å²) in [5.74, 6) is -1.33. The molecule has 0 unspecified atom stereocenters. The van der Waals surface area contributed by atoms with E-state index in [1.165, 1.54) is 12.3 Å². The number of halogens is 1. The van der Waals surface area contributed by atoms with Crippen LogP contribution < -0.4 is 16.1 Å². The summed E-state index contributed by atoms with van der Waals surface area (Å²) in [6, 6.07) is 13.5. The lowest BCUT2D eigenvalue weighted by Gasteiger charge is -2.05. The van der Waals surface area contributed by atoms with Crippen LogP contribution in [0.25, 0.3) is 5.65 Å². The summed E-state index contributed by atoms with van der Waals surface area (Å²) in [5, 5.41) is 9.29. The van der Waals surface area contributed by atoms with Crippen LogP contribution in [0.15, 0.2) is 64.2 Å². The molecule has 0 atom stereocenters. The minimum Gasteiger partial charge on any atom is -0.458 e. The zero-order valence-electron chi connectivity index (χ0n) is 18.8. The van der Waals surface area contributed by atoms with E-state index < -0.39 is 17.7 Å². The number of aromatic nitrogens is 2. The number of carbonyl (C=O) groups is 3. The number of imidazole rings is 1. The number of anilines is 1. The molecule has 0 radical (unpaired) electrons. The smallest absolute Gasteiger partial charge is 0.313 e. The zero-order chi connectivity index (χ0) is 24.9. The van der Waals surface area contributed by atoms with E-state index in [1.807, 2.05) is 19.1 Å². The Balaban J connectivity index is 1.30. The van der Waals surface area contributed by atoms with Gasteiger partial charge in [0.15, 0.2) is 0 Å². The summed E-state index contributed by atoms with van der Waals surface area (Å²) in [6.07, 6.45) is 3.11. The molecule has 35 heavy (non-hydrogen) atoms. The standard InChI is InChI=1S/C24H21ClN6O4/c1-14-8-9-31-20(10-14)28-15(2)21(31)22(32)30-27-13-19-7-6-18(35-19)12-26-23(33)24(34)29-17-5-3-4-16(25)11-17/h3-11,13H,12H2,1-2H3,(H,26,33)(H,29,34)(H,30,32)/b27-13+. The summed E-state index contributed by atoms with van der Waals surface area (Å²) >= 11 is 5.86. The summed E-state index contributed by atoms with van der Waals surface area (Å²) in [5.41, 5.74) is 5.55. The van der Waals surface area contributed by atoms with E-state index in [0.29, 0.717) is 39.3 Å². The van der Waals surface area contributed by atoms with Gasteiger partial charge < -0.3 is 15.1 Å². The Kier molecular flexibility index (Phi) is 6.93. The van der Waals surface area contributed by atoms with E-state index in [9.17, 15) is 14.4 Å². The summed E-state index contributed by atoms with van der Waals surface area (Å²) in [4.78, 5) is 41.0. The molecule has 1 aromatic carbocycles. The van der Waals surface area contributed by atoms with Gasteiger partial charge in [0.25, 0.3) is 5.91 Å². The van der Waals surface area contributed by atoms with Crippen molar-refractivity contribution in [1.82, 2.24) is 20.1 Å². The second-order valence-electron chi connectivity index (χ2n) is 7.63. The molecule has 178 valence electrons. The Hall–Kier alpha value is -4.44. The second-order valence-corrected chi connectivity index (χ2v) is 8.06. The van der Waals surface area contributed by atoms with Crippen molar-refractivity contribution in [2.75, 3.05) is 5.32 Å². The number of amides is 3. The Morgan fingerprint density at radius 3 is 2.74 bits per heavy atom. The van der Waals surface area contributed by atoms with Gasteiger partial charge in [-0.3, -0.25) is 18.8 Å². The Morgan fingerprint density at radius 2 is 1.94 bits per heavy atom. The fourth-order valence-corrected chi connectivity index (χ4v) is 3.50. The molecular formula is C24H21ClN6O4. The molecule has 11 heteroatoms. The molecule has 4 aromatic rings. The first-order valence-electron chi connectivity index (χ1n) is 10.5. The average molecular weight is 493 g/mol. The van der Waals surface area contributed by atoms with Crippen molar-refractivity contribution in [2.45, 2.75) is 20.4 Å². The minimum atomic E-state index is -0.832. The van der Waals surface area contributed by atoms with E-state index in [-0.39, 0.29) is 6.54 Å². The molecule has 0 saturated carbocycles. The molecule has 3 N–H and O–H groups in total. The fourth-order valence-electron chi connectivity index (χ4n) is 3.31. The fraction of sp³-hybridized carbons (Fsp3) is 0.125. The lowest BCUT2D eigenvalue weighted by molar-refractivity contribution is -0.136. The van der Waals surface area contributed by atoms with Crippen molar-refractivity contribution in [3.63, 3.8) is 0 Å². The summed E-state index contributed by atoms with van der Waals surface area (Å²) < 4.78 is 7.24. The number of hydrogen-bond donors (Lipinski definition) is 3. The molecule has 3 aromatic heterocycles. The molecule has 4 rings (SSSR count). The van der Waals surface area contributed by atoms with Crippen LogP contribution in [0, 0.1) is 13.8 Å². The van der Waals surface area contributed by atoms with Crippen molar-refractivity contribution < 1.29 is 18.8 Å². The lowest BCUT2D eigenvalue weighted by Crippen LogP contribution is -2.34. The molecule has 0 aliphatic heterocycles. The normalized spacial score (nSPS) is 11.1. The van der Waals surface area contributed by atoms with E-state index in [1.54, 1.807) is 47.9 Å². The van der Waals surface area contributed by atoms with E-state index in [2.05, 4.69) is 26.1 Å². The van der Waals surface area contributed by atoms with Gasteiger partial charge in [0.1, 0.15) is 22.9 Å². The van der Waals surface area contributed by atoms with E-state index in [4.69, 9.17) is 16.0 Å². The third-order valence-corrected chi connectivity index (χ3v) is 5.16. The first-order valence-corrected chi connectivity index (χ1v) is 10.9. The molecule has 0 spiro atoms. The van der Waals surface area contributed by atoms with Crippen LogP contribution in [0.4, 0.5) is 5.69 Å². The average Bonchev–Trinajstić information content (AvgIpc) is 3.40. The maximum atomic E-state index is 12.6. The number of nitrogens with zero attached hydrogens (tertiary/aromatic N) is 3. The number of pyridine rings is 1. The van der Waals surface area contributed by atoms with Gasteiger partial charge in [0, 0.05) is 16.9 Å². The Morgan fingerprint density at radius 1 is 1.11 bits per heavy atom. The Bertz CT molecular complexity index is 1460. The maximum absolute atomic E-state index is 12.6. The summed E-state index contributed by atoms with van der Waals surface area (Å²) in [6.45, 7) is 3.69. The number of hydrazone groups is 1. The number of benzene rings is 1. The number of furan rings is 1. The number of aryl methyl sites for hydroxylation is 2. The van der Waals surface area contributed by atoms with Gasteiger partial charge in [0.05, 0.1) is 18.5 Å². The number of fused-ring (bicyclic) bond motifs is 1. The van der Waals surface area contributed by atoms with Gasteiger partial charge in [-0.15, -0.1) is 0 Å². The third-order valence-electron chi connectivity index (χ3n) is 4.92. The van der Waals surface area contributed by atoms with Gasteiger partial charge in [-0.25, -0.2) is 10.4 Å². The minimum absolute atomic E-state index is 0.0115. The highest BCUT2D eigenvalue weighted by Crippen LogP contribution is 2.15. The van der Waals surface area contributed by atoms with E-state index >= 15 is 0 Å². The van der Waals surface area contributed by atoms with Crippen molar-refractivity contribution >= 4 is 46.9 Å². The van der Waals surface area contributed by atoms with Crippen LogP contribution in [-0.2, 0) is 16.1 Å². The molecule has 0 fully saturated rings. The monoisotopic (exact) mass is 492 g/mol. The van der Waals surface area contributed by atoms with Crippen LogP contribution in [0.3, 0.4) is 0 Å². The van der Waals surface area contributed by atoms with Gasteiger partial charge in [0.2, 0.25) is 0 Å². The maximum Gasteiger partial charge on any atom is 0.313 e. The molecule has 0 aliphatic carbocycles. The second kappa shape index (κ2) is 10.2. The molecule has 0 bridgehead atoms. The largest absolute Gasteiger partial charge is 0.458 e. The highest BCUT2D eigenvalue weighted by atomic mass is 35.5. The van der Waals surface area contributed by atoms with Gasteiger partial charge >= 0.3 is 11.8 Å². The number of carbonyl (C=O) groups excluding carboxylic acids is 3. The summed E-state index contributed by atoms with van der Waals surface area (Å²) in [7, 11) is 0. The third kappa shape index (κ3) is 5.74. The van der Waals surface area contributed by atoms with Gasteiger partial charge in [-0.1, -0.05) is 17.7 Å². The van der Waals surface area contributed by atoms with Crippen molar-refractivity contribution in [3.8, 4) is 0 Å². The highest BCUT2D eigenvalue weighted by Gasteiger charge is 2.16. The molecular weight excluding hydrogens is 472 g/mol. The van der Waals surface area contributed by atoms with Crippen molar-refractivity contribution in [2.24, 2.45) is 5.10 Å². The quantitative estimate of drug-likeness (QED) is 0.216. The van der Waals surface area contributed by atoms with Gasteiger partial charge in [-0.2, -0.15) is 5.10 Å². The topological polar surface area (TPSA) is 130 Å². The number of nitrogens with one attached hydrogen (secondary N) is 3. The van der Waals surface area contributed by atoms with Crippen molar-refractivity contribution in [1.29, 1.82) is 0 Å². The molecule has 3 amide bonds. The van der Waals surface area contributed by atoms with Crippen LogP contribution in [0.2, 0.25) is 5.02 Å². The van der Waals surface area contributed by atoms with E-state index in [0.717, 1.165) is 5.56 Å². The van der Waals surface area contributed by atoms with Crippen LogP contribution in [0.1, 0.15) is 33.3 Å².